The summed E-state index contributed by atoms with van der Waals surface area (Å²) in [4.78, 5) is 103. The number of fused-ring (bicyclic) bond motifs is 8. The molecule has 4 atom stereocenters. The van der Waals surface area contributed by atoms with E-state index in [-0.39, 0.29) is 88.9 Å². The number of allylic oxidation sites excluding steroid dienone is 1. The van der Waals surface area contributed by atoms with Crippen LogP contribution in [0.2, 0.25) is 0 Å². The van der Waals surface area contributed by atoms with Crippen LogP contribution in [0, 0.1) is 12.8 Å². The molecule has 0 saturated heterocycles. The van der Waals surface area contributed by atoms with Crippen molar-refractivity contribution in [3.05, 3.63) is 154 Å². The van der Waals surface area contributed by atoms with E-state index in [0.717, 1.165) is 22.5 Å². The summed E-state index contributed by atoms with van der Waals surface area (Å²) in [6.45, 7) is 4.39. The Kier molecular flexibility index (Phi) is 15.1. The molecule has 17 heteroatoms. The highest BCUT2D eigenvalue weighted by Crippen LogP contribution is 2.43. The van der Waals surface area contributed by atoms with Crippen molar-refractivity contribution in [1.82, 2.24) is 10.2 Å². The molecule has 5 heterocycles. The largest absolute Gasteiger partial charge is 0.493 e. The highest BCUT2D eigenvalue weighted by molar-refractivity contribution is 6.13. The number of ketones is 2. The first-order valence-corrected chi connectivity index (χ1v) is 27.9. The van der Waals surface area contributed by atoms with Gasteiger partial charge in [0.15, 0.2) is 17.3 Å². The third-order valence-electron chi connectivity index (χ3n) is 16.0. The maximum atomic E-state index is 14.4. The van der Waals surface area contributed by atoms with Gasteiger partial charge in [-0.15, -0.1) is 0 Å². The van der Waals surface area contributed by atoms with Crippen LogP contribution in [0.5, 0.6) is 17.2 Å². The van der Waals surface area contributed by atoms with E-state index in [2.05, 4.69) is 17.2 Å². The number of Topliss-reactive ketones (excluding diaryl/α,β-unsaturated/α-hetero) is 2. The molecule has 5 aliphatic heterocycles. The van der Waals surface area contributed by atoms with E-state index in [1.54, 1.807) is 36.1 Å². The second-order valence-electron chi connectivity index (χ2n) is 22.0. The van der Waals surface area contributed by atoms with Gasteiger partial charge in [0.2, 0.25) is 11.8 Å². The lowest BCUT2D eigenvalue weighted by Crippen LogP contribution is -2.41. The number of carbonyl (C=O) groups excluding carboxylic acids is 7. The van der Waals surface area contributed by atoms with Crippen molar-refractivity contribution >= 4 is 69.5 Å². The number of ether oxygens (including phenoxy) is 3. The van der Waals surface area contributed by atoms with Crippen molar-refractivity contribution < 1.29 is 53.3 Å². The van der Waals surface area contributed by atoms with Crippen molar-refractivity contribution in [3.8, 4) is 17.2 Å². The average molecular weight is 1110 g/mol. The zero-order valence-electron chi connectivity index (χ0n) is 51.1. The Morgan fingerprint density at radius 3 is 1.85 bits per heavy atom. The fraction of sp³-hybridized carbons (Fsp3) is 0.369. The Labute approximate surface area is 484 Å². The van der Waals surface area contributed by atoms with Crippen molar-refractivity contribution in [2.45, 2.75) is 110 Å². The molecule has 0 bridgehead atoms. The number of methoxy groups -OCH3 is 1. The van der Waals surface area contributed by atoms with E-state index in [1.165, 1.54) is 56.2 Å². The Morgan fingerprint density at radius 1 is 0.695 bits per heavy atom. The minimum Gasteiger partial charge on any atom is -0.493 e. The molecule has 0 spiro atoms. The quantitative estimate of drug-likeness (QED) is 0.0627. The minimum atomic E-state index is -2.79. The van der Waals surface area contributed by atoms with Crippen LogP contribution in [0.15, 0.2) is 115 Å². The second kappa shape index (κ2) is 24.2. The smallest absolute Gasteiger partial charge is 0.260 e. The molecule has 0 radical (unpaired) electrons. The second-order valence-corrected chi connectivity index (χ2v) is 22.0. The Morgan fingerprint density at radius 2 is 1.26 bits per heavy atom. The van der Waals surface area contributed by atoms with Crippen LogP contribution in [-0.4, -0.2) is 105 Å². The zero-order chi connectivity index (χ0) is 61.5. The molecular formula is C65H71N7O10. The maximum absolute atomic E-state index is 14.4. The lowest BCUT2D eigenvalue weighted by Gasteiger charge is -2.25. The number of carbonyl (C=O) groups is 7. The number of para-hydroxylation sites is 2. The first-order chi connectivity index (χ1) is 40.9. The molecule has 17 nitrogen and oxygen atoms in total. The molecule has 10 rings (SSSR count). The molecular weight excluding hydrogens is 1040 g/mol. The number of aryl methyl sites for hydroxylation is 1. The van der Waals surface area contributed by atoms with Crippen LogP contribution >= 0.6 is 0 Å². The van der Waals surface area contributed by atoms with Gasteiger partial charge < -0.3 is 49.3 Å². The highest BCUT2D eigenvalue weighted by Gasteiger charge is 2.41. The number of anilines is 5. The van der Waals surface area contributed by atoms with E-state index >= 15 is 0 Å². The number of unbranched alkanes of at least 4 members (excludes halogenated alkanes) is 1. The van der Waals surface area contributed by atoms with Gasteiger partial charge in [0.25, 0.3) is 17.7 Å². The first-order valence-electron chi connectivity index (χ1n) is 29.9. The van der Waals surface area contributed by atoms with E-state index in [9.17, 15) is 39.0 Å². The Balaban J connectivity index is 0.864. The van der Waals surface area contributed by atoms with Crippen molar-refractivity contribution in [3.63, 3.8) is 0 Å². The van der Waals surface area contributed by atoms with Crippen LogP contribution in [0.1, 0.15) is 113 Å². The fourth-order valence-corrected chi connectivity index (χ4v) is 11.6. The molecule has 5 aromatic carbocycles. The molecule has 0 aliphatic carbocycles. The highest BCUT2D eigenvalue weighted by atomic mass is 16.5. The normalized spacial score (nSPS) is 18.5. The van der Waals surface area contributed by atoms with Gasteiger partial charge in [0, 0.05) is 106 Å². The number of likely N-dealkylation sites (N-methyl/N-ethyl adjacent to an activating group) is 2. The fourth-order valence-electron chi connectivity index (χ4n) is 11.6. The summed E-state index contributed by atoms with van der Waals surface area (Å²) >= 11 is 0. The van der Waals surface area contributed by atoms with E-state index in [0.29, 0.717) is 91.9 Å². The van der Waals surface area contributed by atoms with Crippen LogP contribution in [0.4, 0.5) is 28.4 Å². The molecule has 5 amide bonds. The Hall–Kier alpha value is -8.73. The molecule has 0 aromatic heterocycles. The monoisotopic (exact) mass is 1110 g/mol. The van der Waals surface area contributed by atoms with E-state index < -0.39 is 42.7 Å². The van der Waals surface area contributed by atoms with Gasteiger partial charge in [-0.05, 0) is 122 Å². The molecule has 5 aliphatic rings. The third kappa shape index (κ3) is 12.0. The number of amides is 5. The summed E-state index contributed by atoms with van der Waals surface area (Å²) in [6, 6.07) is 24.5. The lowest BCUT2D eigenvalue weighted by atomic mass is 9.99. The summed E-state index contributed by atoms with van der Waals surface area (Å²) in [5.74, 6) is -2.97. The van der Waals surface area contributed by atoms with Gasteiger partial charge in [-0.2, -0.15) is 0 Å². The number of benzene rings is 5. The molecule has 0 fully saturated rings. The average Bonchev–Trinajstić information content (AvgIpc) is 3.39. The third-order valence-corrected chi connectivity index (χ3v) is 16.0. The number of hydrogen-bond donors (Lipinski definition) is 2. The van der Waals surface area contributed by atoms with Crippen LogP contribution in [-0.2, 0) is 49.9 Å². The zero-order valence-corrected chi connectivity index (χ0v) is 47.1. The summed E-state index contributed by atoms with van der Waals surface area (Å²) in [5, 5.41) is 5.45. The van der Waals surface area contributed by atoms with Gasteiger partial charge in [-0.3, -0.25) is 33.6 Å². The SMILES string of the molecule is [2H]C([2H])(Oc1cc2c(cc1C)C(=O)N1c3ccccc3C[C@H]1CN2C)c1cc(NC(=O)C(C)CC(=O)C(C)NC(=O)CCCCC(=O)CCCN2C(=C)C=CC2=O)cc(C([2H])([2H])Oc2cc3c(cc2OC)C(=O)N2c4ccccc4C[C@H]2CN3C)c1. The lowest BCUT2D eigenvalue weighted by molar-refractivity contribution is -0.129. The molecule has 0 saturated carbocycles. The van der Waals surface area contributed by atoms with Crippen molar-refractivity contribution in [1.29, 1.82) is 0 Å². The van der Waals surface area contributed by atoms with Gasteiger partial charge in [0.1, 0.15) is 24.7 Å². The van der Waals surface area contributed by atoms with E-state index in [1.807, 2.05) is 77.3 Å². The summed E-state index contributed by atoms with van der Waals surface area (Å²) in [5.41, 5.74) is 6.06. The predicted octanol–water partition coefficient (Wildman–Crippen LogP) is 9.06. The molecule has 426 valence electrons. The van der Waals surface area contributed by atoms with Gasteiger partial charge in [0.05, 0.1) is 53.2 Å². The topological polar surface area (TPSA) is 187 Å². The van der Waals surface area contributed by atoms with E-state index in [4.69, 9.17) is 14.2 Å². The van der Waals surface area contributed by atoms with Crippen LogP contribution in [0.3, 0.4) is 0 Å². The summed E-state index contributed by atoms with van der Waals surface area (Å²) < 4.78 is 56.3. The van der Waals surface area contributed by atoms with Crippen molar-refractivity contribution in [2.24, 2.45) is 5.92 Å². The molecule has 5 aromatic rings. The summed E-state index contributed by atoms with van der Waals surface area (Å²) in [7, 11) is 5.08. The number of rotatable bonds is 22. The summed E-state index contributed by atoms with van der Waals surface area (Å²) in [6.07, 6.45) is 6.10. The van der Waals surface area contributed by atoms with Crippen LogP contribution in [0.25, 0.3) is 0 Å². The maximum Gasteiger partial charge on any atom is 0.260 e. The number of nitrogens with one attached hydrogen (secondary N) is 2. The molecule has 2 unspecified atom stereocenters. The molecule has 2 N–H and O–H groups in total. The van der Waals surface area contributed by atoms with Crippen LogP contribution < -0.4 is 44.4 Å². The van der Waals surface area contributed by atoms with Gasteiger partial charge in [-0.1, -0.05) is 49.9 Å². The number of nitrogens with zero attached hydrogens (tertiary/aromatic N) is 5. The molecule has 82 heavy (non-hydrogen) atoms. The standard InChI is InChI=1S/C65H71N7O10/c1-39-25-51-55(68(5)35-48-30-45-15-8-11-19-53(45)71(48)64(51)78)33-58(39)81-37-43-27-44(38-82-60-34-56-52(32-59(60)80-7)65(79)72-49(36-69(56)6)31-46-16-9-12-20-54(46)72)29-47(28-43)67-63(77)40(2)26-57(74)42(4)66-61(75)21-13-10-17-50(73)18-14-24-70-41(3)22-23-62(70)76/h8-9,11-12,15-16,19-20,22-23,25,27-29,32-34,40,42,48-49H,3,10,13-14,17-18,21,24,26,30-31,35-38H2,1-2,4-7H3,(H,66,75)(H,67,77)/t40?,42?,48-,49-/m0/s1/i37D2,38D2. The van der Waals surface area contributed by atoms with Crippen molar-refractivity contribution in [2.75, 3.05) is 65.8 Å². The first kappa shape index (κ1) is 51.4. The predicted molar refractivity (Wildman–Crippen MR) is 315 cm³/mol. The van der Waals surface area contributed by atoms with Gasteiger partial charge >= 0.3 is 0 Å². The number of hydrogen-bond acceptors (Lipinski definition) is 12. The van der Waals surface area contributed by atoms with Gasteiger partial charge in [-0.25, -0.2) is 0 Å². The Bertz CT molecular complexity index is 3610. The minimum absolute atomic E-state index is 0.0196.